The molecule has 178 valence electrons. The third-order valence-corrected chi connectivity index (χ3v) is 4.72. The minimum absolute atomic E-state index is 0.0605. The Labute approximate surface area is 188 Å². The molecule has 0 bridgehead atoms. The number of unbranched alkanes of at least 4 members (excludes halogenated alkanes) is 1. The molecule has 11 heteroatoms. The van der Waals surface area contributed by atoms with Gasteiger partial charge in [-0.3, -0.25) is 29.3 Å². The van der Waals surface area contributed by atoms with Crippen LogP contribution in [0.1, 0.15) is 71.6 Å². The van der Waals surface area contributed by atoms with E-state index in [4.69, 9.17) is 10.8 Å². The quantitative estimate of drug-likeness (QED) is 0.0983. The highest BCUT2D eigenvalue weighted by atomic mass is 32.1. The van der Waals surface area contributed by atoms with Crippen molar-refractivity contribution in [3.63, 3.8) is 0 Å². The Morgan fingerprint density at radius 3 is 2.16 bits per heavy atom. The van der Waals surface area contributed by atoms with Gasteiger partial charge in [-0.25, -0.2) is 0 Å². The van der Waals surface area contributed by atoms with Crippen LogP contribution < -0.4 is 21.7 Å². The molecule has 6 N–H and O–H groups in total. The minimum atomic E-state index is -1.04. The Morgan fingerprint density at radius 2 is 1.61 bits per heavy atom. The van der Waals surface area contributed by atoms with Gasteiger partial charge in [0.2, 0.25) is 17.7 Å². The molecule has 0 aromatic rings. The Morgan fingerprint density at radius 1 is 0.935 bits per heavy atom. The molecule has 0 heterocycles. The summed E-state index contributed by atoms with van der Waals surface area (Å²) in [5.41, 5.74) is 5.34. The van der Waals surface area contributed by atoms with Crippen molar-refractivity contribution in [2.24, 2.45) is 5.73 Å². The van der Waals surface area contributed by atoms with Crippen LogP contribution in [0.3, 0.4) is 0 Å². The molecule has 0 aromatic carbocycles. The first-order chi connectivity index (χ1) is 14.6. The van der Waals surface area contributed by atoms with E-state index < -0.39 is 24.0 Å². The average molecular weight is 461 g/mol. The second-order valence-electron chi connectivity index (χ2n) is 7.39. The normalized spacial score (nSPS) is 13.6. The van der Waals surface area contributed by atoms with Crippen molar-refractivity contribution in [2.75, 3.05) is 6.54 Å². The van der Waals surface area contributed by atoms with Gasteiger partial charge in [0.15, 0.2) is 0 Å². The van der Waals surface area contributed by atoms with Crippen molar-refractivity contribution < 1.29 is 29.1 Å². The third kappa shape index (κ3) is 15.3. The Kier molecular flexibility index (Phi) is 15.4. The molecule has 0 aromatic heterocycles. The van der Waals surface area contributed by atoms with Crippen LogP contribution in [0.25, 0.3) is 0 Å². The predicted molar refractivity (Wildman–Crippen MR) is 119 cm³/mol. The maximum absolute atomic E-state index is 11.9. The number of aliphatic carboxylic acids is 1. The summed E-state index contributed by atoms with van der Waals surface area (Å²) in [7, 11) is 0. The number of hydrogen-bond donors (Lipinski definition) is 6. The van der Waals surface area contributed by atoms with Gasteiger partial charge in [0.25, 0.3) is 0 Å². The lowest BCUT2D eigenvalue weighted by Gasteiger charge is -2.17. The van der Waals surface area contributed by atoms with Gasteiger partial charge in [-0.05, 0) is 39.0 Å². The monoisotopic (exact) mass is 460 g/mol. The number of nitrogens with two attached hydrogens (primary N) is 1. The number of hydrogen-bond acceptors (Lipinski definition) is 7. The SMILES string of the molecule is CCC(=O)CCCC(=O)NC(CCCCNC(=O)CCC(NC(C)S)C(=O)O)C(N)=O. The molecular formula is C20H36N4O6S. The van der Waals surface area contributed by atoms with E-state index in [2.05, 4.69) is 28.6 Å². The van der Waals surface area contributed by atoms with Gasteiger partial charge in [-0.2, -0.15) is 12.6 Å². The van der Waals surface area contributed by atoms with Gasteiger partial charge in [-0.1, -0.05) is 6.92 Å². The number of amides is 3. The summed E-state index contributed by atoms with van der Waals surface area (Å²) in [6.07, 6.45) is 3.04. The Bertz CT molecular complexity index is 614. The van der Waals surface area contributed by atoms with Gasteiger partial charge in [0, 0.05) is 37.6 Å². The third-order valence-electron chi connectivity index (χ3n) is 4.57. The number of ketones is 1. The standard InChI is InChI=1S/C20H36N4O6S/c1-3-14(25)7-6-9-18(27)24-15(19(21)28)8-4-5-12-22-17(26)11-10-16(20(29)30)23-13(2)31/h13,15-16,23,31H,3-12H2,1-2H3,(H2,21,28)(H,22,26)(H,24,27)(H,29,30). The molecule has 0 saturated carbocycles. The van der Waals surface area contributed by atoms with Gasteiger partial charge in [0.05, 0.1) is 0 Å². The van der Waals surface area contributed by atoms with E-state index in [1.807, 2.05) is 0 Å². The molecular weight excluding hydrogens is 424 g/mol. The van der Waals surface area contributed by atoms with E-state index in [1.165, 1.54) is 0 Å². The lowest BCUT2D eigenvalue weighted by atomic mass is 10.1. The topological polar surface area (TPSA) is 168 Å². The fraction of sp³-hybridized carbons (Fsp3) is 0.750. The van der Waals surface area contributed by atoms with Gasteiger partial charge in [-0.15, -0.1) is 0 Å². The van der Waals surface area contributed by atoms with Crippen molar-refractivity contribution in [3.05, 3.63) is 0 Å². The summed E-state index contributed by atoms with van der Waals surface area (Å²) in [5.74, 6) is -2.16. The van der Waals surface area contributed by atoms with Crippen molar-refractivity contribution in [3.8, 4) is 0 Å². The van der Waals surface area contributed by atoms with Crippen LogP contribution in [0.2, 0.25) is 0 Å². The molecule has 3 atom stereocenters. The zero-order valence-electron chi connectivity index (χ0n) is 18.3. The van der Waals surface area contributed by atoms with Crippen molar-refractivity contribution in [1.29, 1.82) is 0 Å². The second-order valence-corrected chi connectivity index (χ2v) is 8.16. The van der Waals surface area contributed by atoms with Crippen LogP contribution in [0, 0.1) is 0 Å². The van der Waals surface area contributed by atoms with E-state index in [0.717, 1.165) is 0 Å². The largest absolute Gasteiger partial charge is 0.480 e. The number of carboxylic acids is 1. The molecule has 0 spiro atoms. The highest BCUT2D eigenvalue weighted by molar-refractivity contribution is 7.80. The van der Waals surface area contributed by atoms with Gasteiger partial charge >= 0.3 is 5.97 Å². The molecule has 10 nitrogen and oxygen atoms in total. The molecule has 0 rings (SSSR count). The molecule has 0 radical (unpaired) electrons. The number of carbonyl (C=O) groups is 5. The first-order valence-electron chi connectivity index (χ1n) is 10.6. The molecule has 3 amide bonds. The summed E-state index contributed by atoms with van der Waals surface area (Å²) < 4.78 is 0. The first kappa shape index (κ1) is 28.9. The molecule has 31 heavy (non-hydrogen) atoms. The molecule has 3 unspecified atom stereocenters. The molecule has 0 aliphatic rings. The van der Waals surface area contributed by atoms with Crippen molar-refractivity contribution in [1.82, 2.24) is 16.0 Å². The molecule has 0 fully saturated rings. The van der Waals surface area contributed by atoms with Crippen LogP contribution in [0.4, 0.5) is 0 Å². The Balaban J connectivity index is 4.11. The summed E-state index contributed by atoms with van der Waals surface area (Å²) in [6, 6.07) is -1.64. The number of thiol groups is 1. The number of Topliss-reactive ketones (excluding diaryl/α,β-unsaturated/α-hetero) is 1. The van der Waals surface area contributed by atoms with Crippen molar-refractivity contribution >= 4 is 42.1 Å². The molecule has 0 aliphatic carbocycles. The second kappa shape index (κ2) is 16.5. The predicted octanol–water partition coefficient (Wildman–Crippen LogP) is 0.491. The Hall–Kier alpha value is -2.14. The zero-order valence-corrected chi connectivity index (χ0v) is 19.2. The van der Waals surface area contributed by atoms with Crippen LogP contribution in [0.15, 0.2) is 0 Å². The van der Waals surface area contributed by atoms with Crippen LogP contribution >= 0.6 is 12.6 Å². The van der Waals surface area contributed by atoms with Gasteiger partial charge < -0.3 is 21.5 Å². The van der Waals surface area contributed by atoms with E-state index in [0.29, 0.717) is 45.1 Å². The fourth-order valence-electron chi connectivity index (χ4n) is 2.81. The number of nitrogens with one attached hydrogen (secondary N) is 3. The van der Waals surface area contributed by atoms with E-state index in [-0.39, 0.29) is 42.2 Å². The molecule has 0 saturated heterocycles. The number of carbonyl (C=O) groups excluding carboxylic acids is 4. The maximum Gasteiger partial charge on any atom is 0.320 e. The zero-order chi connectivity index (χ0) is 23.8. The lowest BCUT2D eigenvalue weighted by molar-refractivity contribution is -0.139. The van der Waals surface area contributed by atoms with Crippen molar-refractivity contribution in [2.45, 2.75) is 89.1 Å². The smallest absolute Gasteiger partial charge is 0.320 e. The van der Waals surface area contributed by atoms with Crippen LogP contribution in [-0.4, -0.2) is 58.6 Å². The van der Waals surface area contributed by atoms with E-state index in [1.54, 1.807) is 13.8 Å². The number of carboxylic acid groups (broad SMARTS) is 1. The maximum atomic E-state index is 11.9. The number of rotatable bonds is 18. The highest BCUT2D eigenvalue weighted by Crippen LogP contribution is 2.05. The fourth-order valence-corrected chi connectivity index (χ4v) is 2.99. The summed E-state index contributed by atoms with van der Waals surface area (Å²) in [5, 5.41) is 16.9. The lowest BCUT2D eigenvalue weighted by Crippen LogP contribution is -2.44. The van der Waals surface area contributed by atoms with E-state index >= 15 is 0 Å². The summed E-state index contributed by atoms with van der Waals surface area (Å²) in [4.78, 5) is 57.7. The van der Waals surface area contributed by atoms with Crippen LogP contribution in [-0.2, 0) is 24.0 Å². The summed E-state index contributed by atoms with van der Waals surface area (Å²) >= 11 is 4.09. The highest BCUT2D eigenvalue weighted by Gasteiger charge is 2.20. The summed E-state index contributed by atoms with van der Waals surface area (Å²) in [6.45, 7) is 3.84. The van der Waals surface area contributed by atoms with Gasteiger partial charge in [0.1, 0.15) is 17.9 Å². The average Bonchev–Trinajstić information content (AvgIpc) is 2.69. The number of primary amides is 1. The van der Waals surface area contributed by atoms with Crippen LogP contribution in [0.5, 0.6) is 0 Å². The first-order valence-corrected chi connectivity index (χ1v) is 11.1. The molecule has 0 aliphatic heterocycles. The van der Waals surface area contributed by atoms with E-state index in [9.17, 15) is 24.0 Å². The minimum Gasteiger partial charge on any atom is -0.480 e.